The van der Waals surface area contributed by atoms with Gasteiger partial charge in [-0.25, -0.2) is 0 Å². The molecule has 2 aromatic rings. The van der Waals surface area contributed by atoms with E-state index in [0.717, 1.165) is 13.0 Å². The van der Waals surface area contributed by atoms with Crippen molar-refractivity contribution in [3.05, 3.63) is 53.7 Å². The topological polar surface area (TPSA) is 12.0 Å². The van der Waals surface area contributed by atoms with Gasteiger partial charge in [-0.3, -0.25) is 0 Å². The highest BCUT2D eigenvalue weighted by molar-refractivity contribution is 14.1. The lowest BCUT2D eigenvalue weighted by atomic mass is 10.1. The molecule has 102 valence electrons. The number of hydrogen-bond donors (Lipinski definition) is 1. The Kier molecular flexibility index (Phi) is 5.87. The van der Waals surface area contributed by atoms with E-state index in [1.807, 2.05) is 11.3 Å². The number of benzene rings is 1. The first-order valence-electron chi connectivity index (χ1n) is 6.37. The second kappa shape index (κ2) is 7.20. The van der Waals surface area contributed by atoms with Crippen molar-refractivity contribution in [1.82, 2.24) is 5.32 Å². The fourth-order valence-electron chi connectivity index (χ4n) is 2.04. The summed E-state index contributed by atoms with van der Waals surface area (Å²) < 4.78 is 2.52. The predicted molar refractivity (Wildman–Crippen MR) is 96.1 cm³/mol. The van der Waals surface area contributed by atoms with Crippen LogP contribution in [0.25, 0.3) is 0 Å². The summed E-state index contributed by atoms with van der Waals surface area (Å²) in [5, 5.41) is 3.67. The first-order chi connectivity index (χ1) is 9.13. The minimum Gasteiger partial charge on any atom is -0.306 e. The van der Waals surface area contributed by atoms with E-state index in [0.29, 0.717) is 0 Å². The normalized spacial score (nSPS) is 12.6. The molecule has 1 N–H and O–H groups in total. The third-order valence-electron chi connectivity index (χ3n) is 2.91. The summed E-state index contributed by atoms with van der Waals surface area (Å²) >= 11 is 7.99. The fourth-order valence-corrected chi connectivity index (χ4v) is 4.71. The Balaban J connectivity index is 2.41. The molecule has 1 aromatic carbocycles. The number of hydrogen-bond acceptors (Lipinski definition) is 2. The third kappa shape index (κ3) is 3.80. The average Bonchev–Trinajstić information content (AvgIpc) is 2.71. The van der Waals surface area contributed by atoms with Gasteiger partial charge in [-0.2, -0.15) is 0 Å². The minimum atomic E-state index is 0.279. The number of nitrogens with one attached hydrogen (secondary N) is 1. The standard InChI is InChI=1S/C15H17BrINS/c1-3-8-18-14(11-6-4-5-7-13(11)17)15-12(16)9-10(2)19-15/h4-7,9,14,18H,3,8H2,1-2H3. The van der Waals surface area contributed by atoms with E-state index >= 15 is 0 Å². The molecule has 0 fully saturated rings. The third-order valence-corrected chi connectivity index (χ3v) is 5.93. The smallest absolute Gasteiger partial charge is 0.0692 e. The van der Waals surface area contributed by atoms with Crippen LogP contribution in [0.15, 0.2) is 34.8 Å². The molecule has 0 amide bonds. The molecular weight excluding hydrogens is 433 g/mol. The lowest BCUT2D eigenvalue weighted by Crippen LogP contribution is -2.23. The molecule has 1 heterocycles. The van der Waals surface area contributed by atoms with Crippen LogP contribution in [0, 0.1) is 10.5 Å². The molecular formula is C15H17BrINS. The van der Waals surface area contributed by atoms with E-state index in [9.17, 15) is 0 Å². The van der Waals surface area contributed by atoms with Crippen molar-refractivity contribution in [2.24, 2.45) is 0 Å². The molecule has 0 aliphatic rings. The molecule has 1 aromatic heterocycles. The molecule has 4 heteroatoms. The monoisotopic (exact) mass is 449 g/mol. The van der Waals surface area contributed by atoms with Crippen LogP contribution in [-0.2, 0) is 0 Å². The van der Waals surface area contributed by atoms with Crippen LogP contribution in [0.3, 0.4) is 0 Å². The van der Waals surface area contributed by atoms with E-state index in [-0.39, 0.29) is 6.04 Å². The fraction of sp³-hybridized carbons (Fsp3) is 0.333. The number of thiophene rings is 1. The van der Waals surface area contributed by atoms with Crippen molar-refractivity contribution in [2.75, 3.05) is 6.54 Å². The zero-order valence-corrected chi connectivity index (χ0v) is 15.6. The molecule has 0 aliphatic carbocycles. The van der Waals surface area contributed by atoms with Gasteiger partial charge in [0, 0.05) is 17.8 Å². The van der Waals surface area contributed by atoms with Crippen LogP contribution in [-0.4, -0.2) is 6.54 Å². The molecule has 19 heavy (non-hydrogen) atoms. The van der Waals surface area contributed by atoms with Crippen molar-refractivity contribution in [3.63, 3.8) is 0 Å². The van der Waals surface area contributed by atoms with Gasteiger partial charge in [-0.1, -0.05) is 25.1 Å². The Morgan fingerprint density at radius 3 is 2.68 bits per heavy atom. The molecule has 1 atom stereocenters. The SMILES string of the molecule is CCCNC(c1ccccc1I)c1sc(C)cc1Br. The van der Waals surface area contributed by atoms with Gasteiger partial charge in [0.1, 0.15) is 0 Å². The summed E-state index contributed by atoms with van der Waals surface area (Å²) in [4.78, 5) is 2.71. The van der Waals surface area contributed by atoms with E-state index in [4.69, 9.17) is 0 Å². The van der Waals surface area contributed by atoms with Crippen molar-refractivity contribution in [3.8, 4) is 0 Å². The first kappa shape index (κ1) is 15.5. The summed E-state index contributed by atoms with van der Waals surface area (Å²) in [5.74, 6) is 0. The Labute approximate surface area is 141 Å². The lowest BCUT2D eigenvalue weighted by molar-refractivity contribution is 0.602. The molecule has 0 bridgehead atoms. The van der Waals surface area contributed by atoms with Crippen molar-refractivity contribution in [1.29, 1.82) is 0 Å². The molecule has 2 rings (SSSR count). The molecule has 0 radical (unpaired) electrons. The van der Waals surface area contributed by atoms with Crippen LogP contribution in [0.5, 0.6) is 0 Å². The van der Waals surface area contributed by atoms with Crippen molar-refractivity contribution in [2.45, 2.75) is 26.3 Å². The Morgan fingerprint density at radius 1 is 1.37 bits per heavy atom. The van der Waals surface area contributed by atoms with Crippen LogP contribution < -0.4 is 5.32 Å². The summed E-state index contributed by atoms with van der Waals surface area (Å²) in [6.07, 6.45) is 1.14. The van der Waals surface area contributed by atoms with E-state index in [1.165, 1.54) is 23.4 Å². The van der Waals surface area contributed by atoms with Gasteiger partial charge in [0.2, 0.25) is 0 Å². The molecule has 1 nitrogen and oxygen atoms in total. The van der Waals surface area contributed by atoms with Gasteiger partial charge in [0.15, 0.2) is 0 Å². The van der Waals surface area contributed by atoms with Gasteiger partial charge < -0.3 is 5.32 Å². The van der Waals surface area contributed by atoms with Gasteiger partial charge in [0.05, 0.1) is 6.04 Å². The number of aryl methyl sites for hydroxylation is 1. The maximum Gasteiger partial charge on any atom is 0.0692 e. The Morgan fingerprint density at radius 2 is 2.11 bits per heavy atom. The van der Waals surface area contributed by atoms with Gasteiger partial charge in [-0.05, 0) is 76.1 Å². The van der Waals surface area contributed by atoms with Gasteiger partial charge in [0.25, 0.3) is 0 Å². The van der Waals surface area contributed by atoms with Crippen LogP contribution in [0.1, 0.15) is 34.7 Å². The van der Waals surface area contributed by atoms with E-state index in [1.54, 1.807) is 0 Å². The average molecular weight is 450 g/mol. The summed E-state index contributed by atoms with van der Waals surface area (Å²) in [6, 6.07) is 11.1. The summed E-state index contributed by atoms with van der Waals surface area (Å²) in [7, 11) is 0. The number of rotatable bonds is 5. The maximum absolute atomic E-state index is 3.70. The number of halogens is 2. The van der Waals surface area contributed by atoms with E-state index in [2.05, 4.69) is 88.0 Å². The van der Waals surface area contributed by atoms with Crippen molar-refractivity contribution >= 4 is 49.9 Å². The Bertz CT molecular complexity index is 553. The Hall–Kier alpha value is 0.0900. The highest BCUT2D eigenvalue weighted by Crippen LogP contribution is 2.36. The predicted octanol–water partition coefficient (Wildman–Crippen LogP) is 5.51. The van der Waals surface area contributed by atoms with Crippen molar-refractivity contribution < 1.29 is 0 Å². The molecule has 0 saturated carbocycles. The van der Waals surface area contributed by atoms with Crippen LogP contribution >= 0.6 is 49.9 Å². The highest BCUT2D eigenvalue weighted by Gasteiger charge is 2.20. The molecule has 0 spiro atoms. The first-order valence-corrected chi connectivity index (χ1v) is 9.06. The lowest BCUT2D eigenvalue weighted by Gasteiger charge is -2.20. The highest BCUT2D eigenvalue weighted by atomic mass is 127. The maximum atomic E-state index is 3.70. The van der Waals surface area contributed by atoms with Gasteiger partial charge >= 0.3 is 0 Å². The quantitative estimate of drug-likeness (QED) is 0.593. The molecule has 0 aliphatic heterocycles. The minimum absolute atomic E-state index is 0.279. The molecule has 0 saturated heterocycles. The van der Waals surface area contributed by atoms with E-state index < -0.39 is 0 Å². The summed E-state index contributed by atoms with van der Waals surface area (Å²) in [5.41, 5.74) is 1.36. The van der Waals surface area contributed by atoms with Gasteiger partial charge in [-0.15, -0.1) is 11.3 Å². The second-order valence-corrected chi connectivity index (χ2v) is 7.78. The second-order valence-electron chi connectivity index (χ2n) is 4.48. The largest absolute Gasteiger partial charge is 0.306 e. The zero-order chi connectivity index (χ0) is 13.8. The molecule has 1 unspecified atom stereocenters. The summed E-state index contributed by atoms with van der Waals surface area (Å²) in [6.45, 7) is 5.39. The zero-order valence-electron chi connectivity index (χ0n) is 11.0. The van der Waals surface area contributed by atoms with Crippen LogP contribution in [0.2, 0.25) is 0 Å². The van der Waals surface area contributed by atoms with Crippen LogP contribution in [0.4, 0.5) is 0 Å².